The van der Waals surface area contributed by atoms with E-state index in [9.17, 15) is 9.50 Å². The average molecular weight is 351 g/mol. The highest BCUT2D eigenvalue weighted by molar-refractivity contribution is 9.10. The summed E-state index contributed by atoms with van der Waals surface area (Å²) in [5.41, 5.74) is 2.90. The molecule has 0 saturated heterocycles. The van der Waals surface area contributed by atoms with Crippen molar-refractivity contribution in [2.24, 2.45) is 0 Å². The number of hydrogen-bond acceptors (Lipinski definition) is 2. The molecule has 0 unspecified atom stereocenters. The van der Waals surface area contributed by atoms with Crippen LogP contribution in [-0.4, -0.2) is 5.11 Å². The maximum Gasteiger partial charge on any atom is 0.137 e. The molecule has 2 nitrogen and oxygen atoms in total. The first kappa shape index (κ1) is 14.5. The minimum atomic E-state index is -0.404. The van der Waals surface area contributed by atoms with Gasteiger partial charge in [-0.15, -0.1) is 0 Å². The molecule has 4 heteroatoms. The molecule has 110 valence electrons. The lowest BCUT2D eigenvalue weighted by Crippen LogP contribution is -2.09. The van der Waals surface area contributed by atoms with E-state index in [1.165, 1.54) is 11.6 Å². The van der Waals surface area contributed by atoms with Crippen LogP contribution in [0.3, 0.4) is 0 Å². The molecule has 0 heterocycles. The molecule has 0 bridgehead atoms. The zero-order valence-electron chi connectivity index (χ0n) is 11.5. The Kier molecular flexibility index (Phi) is 4.27. The standard InChI is InChI=1S/C17H16BrFO2/c18-17-12(4-1-5-15(17)19)10-21-13-8-7-11-3-2-6-16(20)14(11)9-13/h1,4-5,7-9,16,20H,2-3,6,10H2/t16-/m1/s1. The third-order valence-corrected chi connectivity index (χ3v) is 4.71. The number of rotatable bonds is 3. The van der Waals surface area contributed by atoms with Gasteiger partial charge in [0.1, 0.15) is 18.2 Å². The van der Waals surface area contributed by atoms with Gasteiger partial charge in [0.15, 0.2) is 0 Å². The normalized spacial score (nSPS) is 17.4. The van der Waals surface area contributed by atoms with Crippen LogP contribution in [0.15, 0.2) is 40.9 Å². The fraction of sp³-hybridized carbons (Fsp3) is 0.294. The van der Waals surface area contributed by atoms with Crippen molar-refractivity contribution in [3.05, 3.63) is 63.4 Å². The number of aliphatic hydroxyl groups is 1. The highest BCUT2D eigenvalue weighted by atomic mass is 79.9. The predicted molar refractivity (Wildman–Crippen MR) is 82.8 cm³/mol. The Labute approximate surface area is 131 Å². The van der Waals surface area contributed by atoms with E-state index in [-0.39, 0.29) is 12.4 Å². The Morgan fingerprint density at radius 2 is 2.14 bits per heavy atom. The van der Waals surface area contributed by atoms with Crippen LogP contribution in [-0.2, 0) is 13.0 Å². The summed E-state index contributed by atoms with van der Waals surface area (Å²) in [5, 5.41) is 10.0. The second kappa shape index (κ2) is 6.16. The summed E-state index contributed by atoms with van der Waals surface area (Å²) >= 11 is 3.23. The van der Waals surface area contributed by atoms with Crippen molar-refractivity contribution in [2.75, 3.05) is 0 Å². The Bertz CT molecular complexity index is 657. The van der Waals surface area contributed by atoms with Gasteiger partial charge in [-0.05, 0) is 64.5 Å². The van der Waals surface area contributed by atoms with Gasteiger partial charge in [-0.1, -0.05) is 18.2 Å². The Balaban J connectivity index is 1.77. The Morgan fingerprint density at radius 1 is 1.29 bits per heavy atom. The summed E-state index contributed by atoms with van der Waals surface area (Å²) in [6, 6.07) is 10.7. The summed E-state index contributed by atoms with van der Waals surface area (Å²) < 4.78 is 19.6. The van der Waals surface area contributed by atoms with Crippen molar-refractivity contribution in [3.63, 3.8) is 0 Å². The average Bonchev–Trinajstić information content (AvgIpc) is 2.49. The van der Waals surface area contributed by atoms with Gasteiger partial charge in [-0.2, -0.15) is 0 Å². The topological polar surface area (TPSA) is 29.5 Å². The fourth-order valence-corrected chi connectivity index (χ4v) is 3.04. The number of fused-ring (bicyclic) bond motifs is 1. The summed E-state index contributed by atoms with van der Waals surface area (Å²) in [5.74, 6) is 0.405. The zero-order valence-corrected chi connectivity index (χ0v) is 13.1. The third-order valence-electron chi connectivity index (χ3n) is 3.83. The molecule has 0 fully saturated rings. The zero-order chi connectivity index (χ0) is 14.8. The lowest BCUT2D eigenvalue weighted by molar-refractivity contribution is 0.156. The Morgan fingerprint density at radius 3 is 3.00 bits per heavy atom. The summed E-state index contributed by atoms with van der Waals surface area (Å²) in [6.45, 7) is 0.285. The maximum atomic E-state index is 13.4. The first-order valence-corrected chi connectivity index (χ1v) is 7.81. The van der Waals surface area contributed by atoms with Gasteiger partial charge in [0.2, 0.25) is 0 Å². The van der Waals surface area contributed by atoms with Gasteiger partial charge in [0, 0.05) is 5.56 Å². The molecule has 2 aromatic rings. The minimum Gasteiger partial charge on any atom is -0.489 e. The second-order valence-corrected chi connectivity index (χ2v) is 6.06. The molecular formula is C17H16BrFO2. The number of benzene rings is 2. The van der Waals surface area contributed by atoms with Gasteiger partial charge < -0.3 is 9.84 Å². The fourth-order valence-electron chi connectivity index (χ4n) is 2.66. The molecule has 1 aliphatic carbocycles. The molecule has 21 heavy (non-hydrogen) atoms. The Hall–Kier alpha value is -1.39. The van der Waals surface area contributed by atoms with Crippen molar-refractivity contribution in [3.8, 4) is 5.75 Å². The number of hydrogen-bond donors (Lipinski definition) is 1. The van der Waals surface area contributed by atoms with E-state index < -0.39 is 6.10 Å². The van der Waals surface area contributed by atoms with E-state index in [1.54, 1.807) is 6.07 Å². The summed E-state index contributed by atoms with van der Waals surface area (Å²) in [6.07, 6.45) is 2.41. The van der Waals surface area contributed by atoms with E-state index >= 15 is 0 Å². The van der Waals surface area contributed by atoms with Crippen molar-refractivity contribution in [1.82, 2.24) is 0 Å². The second-order valence-electron chi connectivity index (χ2n) is 5.27. The molecule has 0 aliphatic heterocycles. The highest BCUT2D eigenvalue weighted by Gasteiger charge is 2.18. The molecule has 0 amide bonds. The number of aliphatic hydroxyl groups excluding tert-OH is 1. The third kappa shape index (κ3) is 3.11. The lowest BCUT2D eigenvalue weighted by Gasteiger charge is -2.22. The highest BCUT2D eigenvalue weighted by Crippen LogP contribution is 2.32. The summed E-state index contributed by atoms with van der Waals surface area (Å²) in [7, 11) is 0. The van der Waals surface area contributed by atoms with Crippen LogP contribution in [0.2, 0.25) is 0 Å². The predicted octanol–water partition coefficient (Wildman–Crippen LogP) is 4.54. The molecule has 3 rings (SSSR count). The van der Waals surface area contributed by atoms with E-state index in [1.807, 2.05) is 24.3 Å². The van der Waals surface area contributed by atoms with E-state index in [2.05, 4.69) is 15.9 Å². The summed E-state index contributed by atoms with van der Waals surface area (Å²) in [4.78, 5) is 0. The number of halogens is 2. The molecular weight excluding hydrogens is 335 g/mol. The van der Waals surface area contributed by atoms with Crippen LogP contribution in [0.4, 0.5) is 4.39 Å². The van der Waals surface area contributed by atoms with Crippen LogP contribution in [0.1, 0.15) is 35.6 Å². The molecule has 0 saturated carbocycles. The van der Waals surface area contributed by atoms with Gasteiger partial charge in [0.05, 0.1) is 10.6 Å². The maximum absolute atomic E-state index is 13.4. The van der Waals surface area contributed by atoms with E-state index in [4.69, 9.17) is 4.74 Å². The largest absolute Gasteiger partial charge is 0.489 e. The molecule has 1 atom stereocenters. The smallest absolute Gasteiger partial charge is 0.137 e. The van der Waals surface area contributed by atoms with Gasteiger partial charge in [0.25, 0.3) is 0 Å². The van der Waals surface area contributed by atoms with Crippen molar-refractivity contribution >= 4 is 15.9 Å². The first-order valence-electron chi connectivity index (χ1n) is 7.02. The molecule has 0 radical (unpaired) electrons. The van der Waals surface area contributed by atoms with Gasteiger partial charge >= 0.3 is 0 Å². The SMILES string of the molecule is O[C@@H]1CCCc2ccc(OCc3cccc(F)c3Br)cc21. The van der Waals surface area contributed by atoms with Crippen LogP contribution in [0.5, 0.6) is 5.75 Å². The molecule has 0 spiro atoms. The van der Waals surface area contributed by atoms with E-state index in [0.29, 0.717) is 10.2 Å². The molecule has 1 N–H and O–H groups in total. The first-order chi connectivity index (χ1) is 10.1. The molecule has 0 aromatic heterocycles. The molecule has 1 aliphatic rings. The number of ether oxygens (including phenoxy) is 1. The van der Waals surface area contributed by atoms with Gasteiger partial charge in [-0.25, -0.2) is 4.39 Å². The quantitative estimate of drug-likeness (QED) is 0.880. The van der Waals surface area contributed by atoms with E-state index in [0.717, 1.165) is 30.4 Å². The van der Waals surface area contributed by atoms with Crippen LogP contribution < -0.4 is 4.74 Å². The molecule has 2 aromatic carbocycles. The van der Waals surface area contributed by atoms with Crippen LogP contribution in [0.25, 0.3) is 0 Å². The van der Waals surface area contributed by atoms with Crippen molar-refractivity contribution in [2.45, 2.75) is 32.0 Å². The van der Waals surface area contributed by atoms with Crippen LogP contribution >= 0.6 is 15.9 Å². The van der Waals surface area contributed by atoms with Crippen LogP contribution in [0, 0.1) is 5.82 Å². The number of aryl methyl sites for hydroxylation is 1. The van der Waals surface area contributed by atoms with Gasteiger partial charge in [-0.3, -0.25) is 0 Å². The monoisotopic (exact) mass is 350 g/mol. The lowest BCUT2D eigenvalue weighted by atomic mass is 9.89. The minimum absolute atomic E-state index is 0.285. The van der Waals surface area contributed by atoms with Crippen molar-refractivity contribution < 1.29 is 14.2 Å². The van der Waals surface area contributed by atoms with Crippen molar-refractivity contribution in [1.29, 1.82) is 0 Å².